The Labute approximate surface area is 160 Å². The molecule has 2 aromatic heterocycles. The maximum absolute atomic E-state index is 6.55. The summed E-state index contributed by atoms with van der Waals surface area (Å²) >= 11 is 12.7. The van der Waals surface area contributed by atoms with Crippen LogP contribution in [0.1, 0.15) is 0 Å². The van der Waals surface area contributed by atoms with Gasteiger partial charge in [0.05, 0.1) is 27.4 Å². The van der Waals surface area contributed by atoms with Crippen molar-refractivity contribution in [1.82, 2.24) is 19.9 Å². The van der Waals surface area contributed by atoms with Crippen LogP contribution in [0.4, 0.5) is 5.95 Å². The van der Waals surface area contributed by atoms with Crippen LogP contribution < -0.4 is 4.74 Å². The van der Waals surface area contributed by atoms with Crippen LogP contribution in [-0.2, 0) is 4.74 Å². The van der Waals surface area contributed by atoms with Crippen molar-refractivity contribution in [1.29, 1.82) is 0 Å². The summed E-state index contributed by atoms with van der Waals surface area (Å²) in [6.45, 7) is 0.0307. The van der Waals surface area contributed by atoms with Crippen LogP contribution in [0.2, 0.25) is 10.0 Å². The number of aromatic amines is 1. The number of ether oxygens (including phenoxy) is 2. The number of benzene rings is 1. The van der Waals surface area contributed by atoms with Crippen molar-refractivity contribution >= 4 is 46.5 Å². The topological polar surface area (TPSA) is 75.6 Å². The Morgan fingerprint density at radius 3 is 2.77 bits per heavy atom. The third-order valence-corrected chi connectivity index (χ3v) is 4.10. The molecule has 0 saturated carbocycles. The number of aliphatic imine (C=N–C) groups is 1. The van der Waals surface area contributed by atoms with Gasteiger partial charge in [0.2, 0.25) is 0 Å². The van der Waals surface area contributed by atoms with Crippen LogP contribution in [0.25, 0.3) is 22.3 Å². The average molecular weight is 394 g/mol. The first-order valence-corrected chi connectivity index (χ1v) is 8.42. The van der Waals surface area contributed by atoms with Crippen molar-refractivity contribution in [3.05, 3.63) is 34.4 Å². The Balaban J connectivity index is 2.17. The molecule has 0 bridgehead atoms. The van der Waals surface area contributed by atoms with E-state index in [1.165, 1.54) is 7.11 Å². The molecule has 7 nitrogen and oxygen atoms in total. The van der Waals surface area contributed by atoms with Crippen LogP contribution in [0, 0.1) is 0 Å². The lowest BCUT2D eigenvalue weighted by molar-refractivity contribution is 0.0513. The van der Waals surface area contributed by atoms with Gasteiger partial charge in [-0.2, -0.15) is 0 Å². The van der Waals surface area contributed by atoms with Crippen molar-refractivity contribution in [3.63, 3.8) is 0 Å². The third kappa shape index (κ3) is 3.75. The van der Waals surface area contributed by atoms with Gasteiger partial charge >= 0.3 is 0 Å². The molecule has 0 unspecified atom stereocenters. The summed E-state index contributed by atoms with van der Waals surface area (Å²) in [7, 11) is 5.26. The number of aromatic nitrogens is 3. The zero-order valence-electron chi connectivity index (χ0n) is 14.5. The van der Waals surface area contributed by atoms with Gasteiger partial charge in [-0.25, -0.2) is 15.0 Å². The first kappa shape index (κ1) is 18.4. The SMILES string of the molecule is COCOc1c(Cl)ccc(-c2nc(/N=C\N(C)C)nc3cc[nH]c23)c1Cl. The minimum Gasteiger partial charge on any atom is -0.464 e. The molecule has 26 heavy (non-hydrogen) atoms. The summed E-state index contributed by atoms with van der Waals surface area (Å²) in [5.74, 6) is 0.663. The average Bonchev–Trinajstić information content (AvgIpc) is 3.08. The summed E-state index contributed by atoms with van der Waals surface area (Å²) in [5, 5.41) is 0.727. The summed E-state index contributed by atoms with van der Waals surface area (Å²) in [6.07, 6.45) is 3.42. The molecule has 0 aliphatic carbocycles. The Kier molecular flexibility index (Phi) is 5.61. The molecule has 0 radical (unpaired) electrons. The van der Waals surface area contributed by atoms with E-state index in [-0.39, 0.29) is 6.79 Å². The maximum atomic E-state index is 6.55. The number of nitrogens with one attached hydrogen (secondary N) is 1. The Bertz CT molecular complexity index is 956. The molecule has 0 amide bonds. The standard InChI is InChI=1S/C17H17Cl2N5O2/c1-24(2)8-21-17-22-12-6-7-20-15(12)14(23-17)10-4-5-11(18)16(13(10)19)26-9-25-3/h4-8,20H,9H2,1-3H3/b21-8-. The molecule has 1 aromatic carbocycles. The molecule has 0 atom stereocenters. The van der Waals surface area contributed by atoms with E-state index in [0.717, 1.165) is 11.0 Å². The zero-order valence-corrected chi connectivity index (χ0v) is 16.0. The van der Waals surface area contributed by atoms with E-state index in [0.29, 0.717) is 33.0 Å². The highest BCUT2D eigenvalue weighted by Crippen LogP contribution is 2.41. The normalized spacial score (nSPS) is 11.4. The van der Waals surface area contributed by atoms with Crippen molar-refractivity contribution in [3.8, 4) is 17.0 Å². The van der Waals surface area contributed by atoms with Crippen molar-refractivity contribution in [2.24, 2.45) is 4.99 Å². The fourth-order valence-electron chi connectivity index (χ4n) is 2.32. The zero-order chi connectivity index (χ0) is 18.7. The number of hydrogen-bond acceptors (Lipinski definition) is 5. The Hall–Kier alpha value is -2.35. The minimum absolute atomic E-state index is 0.0307. The highest BCUT2D eigenvalue weighted by atomic mass is 35.5. The lowest BCUT2D eigenvalue weighted by Crippen LogP contribution is -2.07. The molecular formula is C17H17Cl2N5O2. The summed E-state index contributed by atoms with van der Waals surface area (Å²) in [4.78, 5) is 18.2. The fourth-order valence-corrected chi connectivity index (χ4v) is 2.89. The molecule has 0 fully saturated rings. The van der Waals surface area contributed by atoms with Crippen LogP contribution >= 0.6 is 23.2 Å². The fraction of sp³-hybridized carbons (Fsp3) is 0.235. The number of nitrogens with zero attached hydrogens (tertiary/aromatic N) is 4. The van der Waals surface area contributed by atoms with Crippen LogP contribution in [0.5, 0.6) is 5.75 Å². The van der Waals surface area contributed by atoms with Crippen LogP contribution in [0.3, 0.4) is 0 Å². The van der Waals surface area contributed by atoms with E-state index >= 15 is 0 Å². The summed E-state index contributed by atoms with van der Waals surface area (Å²) in [6, 6.07) is 5.33. The first-order valence-electron chi connectivity index (χ1n) is 7.67. The number of H-pyrrole nitrogens is 1. The van der Waals surface area contributed by atoms with Gasteiger partial charge in [0.1, 0.15) is 5.69 Å². The number of hydrogen-bond donors (Lipinski definition) is 1. The first-order chi connectivity index (χ1) is 12.5. The monoisotopic (exact) mass is 393 g/mol. The van der Waals surface area contributed by atoms with Gasteiger partial charge in [0.15, 0.2) is 12.5 Å². The molecule has 0 spiro atoms. The second-order valence-electron chi connectivity index (χ2n) is 5.61. The third-order valence-electron chi connectivity index (χ3n) is 3.42. The van der Waals surface area contributed by atoms with E-state index in [2.05, 4.69) is 19.9 Å². The van der Waals surface area contributed by atoms with Gasteiger partial charge in [-0.15, -0.1) is 0 Å². The van der Waals surface area contributed by atoms with Crippen LogP contribution in [0.15, 0.2) is 29.4 Å². The van der Waals surface area contributed by atoms with E-state index < -0.39 is 0 Å². The summed E-state index contributed by atoms with van der Waals surface area (Å²) in [5.41, 5.74) is 2.73. The van der Waals surface area contributed by atoms with Gasteiger partial charge < -0.3 is 19.4 Å². The lowest BCUT2D eigenvalue weighted by Gasteiger charge is -2.13. The molecule has 2 heterocycles. The number of fused-ring (bicyclic) bond motifs is 1. The lowest BCUT2D eigenvalue weighted by atomic mass is 10.1. The van der Waals surface area contributed by atoms with Gasteiger partial charge in [-0.3, -0.25) is 0 Å². The molecular weight excluding hydrogens is 377 g/mol. The Morgan fingerprint density at radius 2 is 2.04 bits per heavy atom. The highest BCUT2D eigenvalue weighted by molar-refractivity contribution is 6.39. The van der Waals surface area contributed by atoms with E-state index in [1.54, 1.807) is 29.6 Å². The molecule has 136 valence electrons. The van der Waals surface area contributed by atoms with E-state index in [1.807, 2.05) is 20.2 Å². The number of rotatable bonds is 6. The highest BCUT2D eigenvalue weighted by Gasteiger charge is 2.18. The van der Waals surface area contributed by atoms with Crippen molar-refractivity contribution in [2.75, 3.05) is 28.0 Å². The van der Waals surface area contributed by atoms with Crippen LogP contribution in [-0.4, -0.2) is 54.2 Å². The molecule has 3 rings (SSSR count). The quantitative estimate of drug-likeness (QED) is 0.387. The Morgan fingerprint density at radius 1 is 1.23 bits per heavy atom. The van der Waals surface area contributed by atoms with Gasteiger partial charge in [0.25, 0.3) is 5.95 Å². The van der Waals surface area contributed by atoms with E-state index in [9.17, 15) is 0 Å². The summed E-state index contributed by atoms with van der Waals surface area (Å²) < 4.78 is 10.4. The largest absolute Gasteiger partial charge is 0.464 e. The maximum Gasteiger partial charge on any atom is 0.252 e. The number of halogens is 2. The molecule has 0 saturated heterocycles. The molecule has 0 aliphatic heterocycles. The second-order valence-corrected chi connectivity index (χ2v) is 6.39. The minimum atomic E-state index is 0.0307. The van der Waals surface area contributed by atoms with Gasteiger partial charge in [-0.1, -0.05) is 23.2 Å². The van der Waals surface area contributed by atoms with Crippen molar-refractivity contribution in [2.45, 2.75) is 0 Å². The van der Waals surface area contributed by atoms with E-state index in [4.69, 9.17) is 32.7 Å². The van der Waals surface area contributed by atoms with Crippen molar-refractivity contribution < 1.29 is 9.47 Å². The predicted octanol–water partition coefficient (Wildman–Crippen LogP) is 4.14. The van der Waals surface area contributed by atoms with Gasteiger partial charge in [0, 0.05) is 33.0 Å². The van der Waals surface area contributed by atoms with Gasteiger partial charge in [-0.05, 0) is 18.2 Å². The second kappa shape index (κ2) is 7.90. The smallest absolute Gasteiger partial charge is 0.252 e. The predicted molar refractivity (Wildman–Crippen MR) is 104 cm³/mol. The molecule has 0 aliphatic rings. The number of methoxy groups -OCH3 is 1. The molecule has 9 heteroatoms. The molecule has 3 aromatic rings. The molecule has 1 N–H and O–H groups in total.